The van der Waals surface area contributed by atoms with Crippen LogP contribution in [-0.4, -0.2) is 35.1 Å². The Bertz CT molecular complexity index is 796. The lowest BCUT2D eigenvalue weighted by atomic mass is 9.79. The van der Waals surface area contributed by atoms with E-state index in [0.717, 1.165) is 42.3 Å². The molecule has 0 bridgehead atoms. The molecule has 0 spiro atoms. The predicted octanol–water partition coefficient (Wildman–Crippen LogP) is 6.04. The first-order valence-corrected chi connectivity index (χ1v) is 12.2. The highest BCUT2D eigenvalue weighted by atomic mass is 35.5. The molecule has 2 aliphatic rings. The van der Waals surface area contributed by atoms with E-state index in [4.69, 9.17) is 17.3 Å². The molecule has 29 heavy (non-hydrogen) atoms. The molecule has 0 radical (unpaired) electrons. The van der Waals surface area contributed by atoms with E-state index >= 15 is 0 Å². The van der Waals surface area contributed by atoms with Gasteiger partial charge in [0.1, 0.15) is 0 Å². The Morgan fingerprint density at radius 3 is 2.41 bits per heavy atom. The smallest absolute Gasteiger partial charge is 0.0486 e. The molecule has 1 aliphatic carbocycles. The van der Waals surface area contributed by atoms with Gasteiger partial charge in [0.25, 0.3) is 0 Å². The molecule has 0 unspecified atom stereocenters. The number of rotatable bonds is 6. The minimum absolute atomic E-state index is 0.605. The number of aromatic nitrogens is 1. The van der Waals surface area contributed by atoms with Crippen molar-refractivity contribution in [3.05, 3.63) is 35.0 Å². The van der Waals surface area contributed by atoms with Crippen LogP contribution in [-0.2, 0) is 6.42 Å². The summed E-state index contributed by atoms with van der Waals surface area (Å²) in [7, 11) is 0. The van der Waals surface area contributed by atoms with Crippen molar-refractivity contribution in [1.82, 2.24) is 9.47 Å². The van der Waals surface area contributed by atoms with Crippen molar-refractivity contribution in [1.29, 1.82) is 0 Å². The molecule has 2 aromatic rings. The molecule has 1 saturated heterocycles. The SMILES string of the molecule is CC(C)C1CCC(N2CCC(n3cc(CCCN)c4cc(Cl)ccc43)CC2)CC1. The normalized spacial score (nSPS) is 24.6. The number of hydrogen-bond acceptors (Lipinski definition) is 2. The van der Waals surface area contributed by atoms with Crippen LogP contribution in [0.3, 0.4) is 0 Å². The summed E-state index contributed by atoms with van der Waals surface area (Å²) in [5.41, 5.74) is 8.52. The Morgan fingerprint density at radius 1 is 1.03 bits per heavy atom. The van der Waals surface area contributed by atoms with Gasteiger partial charge in [-0.05, 0) is 93.5 Å². The highest BCUT2D eigenvalue weighted by Gasteiger charge is 2.30. The van der Waals surface area contributed by atoms with Crippen molar-refractivity contribution in [2.75, 3.05) is 19.6 Å². The lowest BCUT2D eigenvalue weighted by Gasteiger charge is -2.42. The third-order valence-electron chi connectivity index (χ3n) is 7.62. The second kappa shape index (κ2) is 9.41. The zero-order chi connectivity index (χ0) is 20.4. The molecule has 1 aromatic heterocycles. The van der Waals surface area contributed by atoms with Gasteiger partial charge in [0.05, 0.1) is 0 Å². The summed E-state index contributed by atoms with van der Waals surface area (Å²) in [5, 5.41) is 2.15. The van der Waals surface area contributed by atoms with Crippen LogP contribution < -0.4 is 5.73 Å². The monoisotopic (exact) mass is 415 g/mol. The Balaban J connectivity index is 1.43. The molecular formula is C25H38ClN3. The van der Waals surface area contributed by atoms with Crippen LogP contribution in [0.5, 0.6) is 0 Å². The first-order chi connectivity index (χ1) is 14.1. The van der Waals surface area contributed by atoms with E-state index in [1.807, 2.05) is 6.07 Å². The molecule has 1 saturated carbocycles. The summed E-state index contributed by atoms with van der Waals surface area (Å²) in [5.74, 6) is 1.81. The third-order valence-corrected chi connectivity index (χ3v) is 7.86. The van der Waals surface area contributed by atoms with Gasteiger partial charge in [-0.15, -0.1) is 0 Å². The molecule has 4 heteroatoms. The summed E-state index contributed by atoms with van der Waals surface area (Å²) >= 11 is 6.31. The van der Waals surface area contributed by atoms with Crippen LogP contribution >= 0.6 is 11.6 Å². The second-order valence-corrected chi connectivity index (χ2v) is 10.1. The molecule has 0 atom stereocenters. The molecule has 2 heterocycles. The lowest BCUT2D eigenvalue weighted by molar-refractivity contribution is 0.0894. The third kappa shape index (κ3) is 4.68. The van der Waals surface area contributed by atoms with E-state index in [1.54, 1.807) is 0 Å². The van der Waals surface area contributed by atoms with E-state index in [0.29, 0.717) is 6.04 Å². The Labute approximate surface area is 181 Å². The van der Waals surface area contributed by atoms with Crippen molar-refractivity contribution >= 4 is 22.5 Å². The van der Waals surface area contributed by atoms with Crippen LogP contribution in [0, 0.1) is 11.8 Å². The fraction of sp³-hybridized carbons (Fsp3) is 0.680. The fourth-order valence-corrected chi connectivity index (χ4v) is 5.93. The maximum atomic E-state index is 6.31. The Morgan fingerprint density at radius 2 is 1.76 bits per heavy atom. The van der Waals surface area contributed by atoms with Gasteiger partial charge in [0.15, 0.2) is 0 Å². The van der Waals surface area contributed by atoms with Crippen molar-refractivity contribution in [3.8, 4) is 0 Å². The summed E-state index contributed by atoms with van der Waals surface area (Å²) < 4.78 is 2.55. The van der Waals surface area contributed by atoms with Crippen molar-refractivity contribution in [3.63, 3.8) is 0 Å². The molecule has 2 N–H and O–H groups in total. The predicted molar refractivity (Wildman–Crippen MR) is 125 cm³/mol. The first-order valence-electron chi connectivity index (χ1n) is 11.8. The lowest BCUT2D eigenvalue weighted by Crippen LogP contribution is -2.43. The van der Waals surface area contributed by atoms with E-state index in [2.05, 4.69) is 41.6 Å². The summed E-state index contributed by atoms with van der Waals surface area (Å²) in [4.78, 5) is 2.80. The van der Waals surface area contributed by atoms with Crippen LogP contribution in [0.15, 0.2) is 24.4 Å². The molecule has 1 aliphatic heterocycles. The zero-order valence-electron chi connectivity index (χ0n) is 18.2. The average Bonchev–Trinajstić information content (AvgIpc) is 3.10. The maximum Gasteiger partial charge on any atom is 0.0486 e. The van der Waals surface area contributed by atoms with Gasteiger partial charge in [0.2, 0.25) is 0 Å². The highest BCUT2D eigenvalue weighted by molar-refractivity contribution is 6.31. The Kier molecular flexibility index (Phi) is 6.88. The van der Waals surface area contributed by atoms with Gasteiger partial charge >= 0.3 is 0 Å². The largest absolute Gasteiger partial charge is 0.344 e. The minimum Gasteiger partial charge on any atom is -0.344 e. The summed E-state index contributed by atoms with van der Waals surface area (Å²) in [6.45, 7) is 8.02. The van der Waals surface area contributed by atoms with Crippen LogP contribution in [0.1, 0.15) is 70.4 Å². The van der Waals surface area contributed by atoms with Gasteiger partial charge in [0, 0.05) is 47.3 Å². The second-order valence-electron chi connectivity index (χ2n) is 9.70. The van der Waals surface area contributed by atoms with Crippen molar-refractivity contribution in [2.45, 2.75) is 77.3 Å². The quantitative estimate of drug-likeness (QED) is 0.624. The molecule has 1 aromatic carbocycles. The van der Waals surface area contributed by atoms with E-state index < -0.39 is 0 Å². The van der Waals surface area contributed by atoms with Crippen molar-refractivity contribution < 1.29 is 0 Å². The number of benzene rings is 1. The maximum absolute atomic E-state index is 6.31. The zero-order valence-corrected chi connectivity index (χ0v) is 19.0. The molecule has 160 valence electrons. The van der Waals surface area contributed by atoms with E-state index in [9.17, 15) is 0 Å². The van der Waals surface area contributed by atoms with Crippen molar-refractivity contribution in [2.24, 2.45) is 17.6 Å². The minimum atomic E-state index is 0.605. The first kappa shape index (κ1) is 21.2. The number of aryl methyl sites for hydroxylation is 1. The van der Waals surface area contributed by atoms with Gasteiger partial charge in [-0.25, -0.2) is 0 Å². The number of likely N-dealkylation sites (tertiary alicyclic amines) is 1. The van der Waals surface area contributed by atoms with Gasteiger partial charge in [-0.1, -0.05) is 25.4 Å². The fourth-order valence-electron chi connectivity index (χ4n) is 5.75. The van der Waals surface area contributed by atoms with Crippen LogP contribution in [0.4, 0.5) is 0 Å². The number of nitrogens with zero attached hydrogens (tertiary/aromatic N) is 2. The summed E-state index contributed by atoms with van der Waals surface area (Å²) in [6, 6.07) is 7.82. The van der Waals surface area contributed by atoms with Gasteiger partial charge in [-0.3, -0.25) is 0 Å². The average molecular weight is 416 g/mol. The molecule has 2 fully saturated rings. The van der Waals surface area contributed by atoms with Crippen LogP contribution in [0.25, 0.3) is 10.9 Å². The topological polar surface area (TPSA) is 34.2 Å². The number of hydrogen-bond donors (Lipinski definition) is 1. The number of halogens is 1. The molecular weight excluding hydrogens is 378 g/mol. The van der Waals surface area contributed by atoms with E-state index in [1.165, 1.54) is 68.1 Å². The molecule has 4 rings (SSSR count). The van der Waals surface area contributed by atoms with E-state index in [-0.39, 0.29) is 0 Å². The number of fused-ring (bicyclic) bond motifs is 1. The van der Waals surface area contributed by atoms with Gasteiger partial charge in [-0.2, -0.15) is 0 Å². The summed E-state index contributed by atoms with van der Waals surface area (Å²) in [6.07, 6.45) is 12.6. The molecule has 0 amide bonds. The van der Waals surface area contributed by atoms with Crippen LogP contribution in [0.2, 0.25) is 5.02 Å². The van der Waals surface area contributed by atoms with Gasteiger partial charge < -0.3 is 15.2 Å². The standard InChI is InChI=1S/C25H38ClN3/c1-18(2)19-5-8-22(9-6-19)28-14-11-23(12-15-28)29-17-20(4-3-13-27)24-16-21(26)7-10-25(24)29/h7,10,16-19,22-23H,3-6,8-9,11-15,27H2,1-2H3. The highest BCUT2D eigenvalue weighted by Crippen LogP contribution is 2.36. The number of piperidine rings is 1. The molecule has 3 nitrogen and oxygen atoms in total. The number of nitrogens with two attached hydrogens (primary N) is 1. The Hall–Kier alpha value is -1.03.